The van der Waals surface area contributed by atoms with Gasteiger partial charge in [0.05, 0.1) is 5.52 Å². The molecule has 146 valence electrons. The fraction of sp³-hybridized carbons (Fsp3) is 0.350. The number of piperidine rings is 1. The van der Waals surface area contributed by atoms with E-state index < -0.39 is 0 Å². The molecule has 1 aliphatic rings. The fourth-order valence-corrected chi connectivity index (χ4v) is 3.76. The van der Waals surface area contributed by atoms with Crippen LogP contribution in [0.3, 0.4) is 0 Å². The Labute approximate surface area is 174 Å². The van der Waals surface area contributed by atoms with Crippen LogP contribution in [-0.4, -0.2) is 41.1 Å². The van der Waals surface area contributed by atoms with Crippen molar-refractivity contribution in [2.45, 2.75) is 19.3 Å². The summed E-state index contributed by atoms with van der Waals surface area (Å²) in [6.45, 7) is 3.41. The quantitative estimate of drug-likeness (QED) is 0.442. The van der Waals surface area contributed by atoms with E-state index in [1.807, 2.05) is 30.3 Å². The molecule has 0 spiro atoms. The lowest BCUT2D eigenvalue weighted by molar-refractivity contribution is 0.573. The van der Waals surface area contributed by atoms with Gasteiger partial charge in [-0.3, -0.25) is 4.98 Å². The molecule has 0 saturated carbocycles. The summed E-state index contributed by atoms with van der Waals surface area (Å²) >= 11 is 12.3. The van der Waals surface area contributed by atoms with Crippen LogP contribution in [0.2, 0.25) is 10.2 Å². The van der Waals surface area contributed by atoms with E-state index in [1.165, 1.54) is 19.3 Å². The normalized spacial score (nSPS) is 14.3. The average Bonchev–Trinajstić information content (AvgIpc) is 2.71. The highest BCUT2D eigenvalue weighted by Gasteiger charge is 2.14. The van der Waals surface area contributed by atoms with Crippen LogP contribution in [0, 0.1) is 0 Å². The van der Waals surface area contributed by atoms with E-state index in [-0.39, 0.29) is 0 Å². The number of halogens is 2. The van der Waals surface area contributed by atoms with Gasteiger partial charge < -0.3 is 15.5 Å². The van der Waals surface area contributed by atoms with Gasteiger partial charge in [-0.05, 0) is 43.5 Å². The largest absolute Gasteiger partial charge is 0.383 e. The summed E-state index contributed by atoms with van der Waals surface area (Å²) in [7, 11) is 0. The molecule has 6 nitrogen and oxygen atoms in total. The van der Waals surface area contributed by atoms with Crippen LogP contribution in [0.1, 0.15) is 19.3 Å². The zero-order valence-electron chi connectivity index (χ0n) is 15.5. The Kier molecular flexibility index (Phi) is 5.98. The first-order valence-electron chi connectivity index (χ1n) is 9.50. The summed E-state index contributed by atoms with van der Waals surface area (Å²) in [5, 5.41) is 8.87. The molecule has 0 atom stereocenters. The van der Waals surface area contributed by atoms with Crippen LogP contribution in [0.15, 0.2) is 36.5 Å². The van der Waals surface area contributed by atoms with E-state index in [4.69, 9.17) is 23.2 Å². The number of hydrogen-bond donors (Lipinski definition) is 2. The molecule has 1 aliphatic heterocycles. The zero-order chi connectivity index (χ0) is 19.3. The lowest BCUT2D eigenvalue weighted by Gasteiger charge is -2.27. The molecule has 8 heteroatoms. The molecule has 4 rings (SSSR count). The summed E-state index contributed by atoms with van der Waals surface area (Å²) in [4.78, 5) is 15.6. The van der Waals surface area contributed by atoms with Crippen molar-refractivity contribution in [3.63, 3.8) is 0 Å². The molecule has 0 bridgehead atoms. The van der Waals surface area contributed by atoms with Crippen molar-refractivity contribution >= 4 is 51.6 Å². The van der Waals surface area contributed by atoms with Crippen molar-refractivity contribution in [1.82, 2.24) is 15.0 Å². The minimum absolute atomic E-state index is 0.461. The Balaban J connectivity index is 1.37. The Bertz CT molecular complexity index is 959. The standard InChI is InChI=1S/C20H22Cl2N6/c21-14-4-5-15-16(6-7-23-17(15)12-14)24-8-9-25-20-26-18(22)13-19(27-20)28-10-2-1-3-11-28/h4-7,12-13H,1-3,8-11H2,(H,23,24)(H,25,26,27). The average molecular weight is 417 g/mol. The number of fused-ring (bicyclic) bond motifs is 1. The maximum atomic E-state index is 6.20. The number of aromatic nitrogens is 3. The van der Waals surface area contributed by atoms with Crippen LogP contribution in [-0.2, 0) is 0 Å². The topological polar surface area (TPSA) is 66.0 Å². The van der Waals surface area contributed by atoms with Gasteiger partial charge in [0.1, 0.15) is 11.0 Å². The Hall–Kier alpha value is -2.31. The first-order valence-corrected chi connectivity index (χ1v) is 10.3. The summed E-state index contributed by atoms with van der Waals surface area (Å²) in [5.41, 5.74) is 1.89. The van der Waals surface area contributed by atoms with E-state index in [1.54, 1.807) is 6.20 Å². The molecule has 28 heavy (non-hydrogen) atoms. The second-order valence-corrected chi connectivity index (χ2v) is 7.62. The SMILES string of the molecule is Clc1ccc2c(NCCNc3nc(Cl)cc(N4CCCCC4)n3)ccnc2c1. The van der Waals surface area contributed by atoms with Gasteiger partial charge in [0, 0.05) is 54.5 Å². The molecule has 1 aromatic carbocycles. The summed E-state index contributed by atoms with van der Waals surface area (Å²) in [5.74, 6) is 1.45. The van der Waals surface area contributed by atoms with Crippen LogP contribution in [0.5, 0.6) is 0 Å². The molecule has 0 radical (unpaired) electrons. The molecule has 2 N–H and O–H groups in total. The van der Waals surface area contributed by atoms with E-state index in [9.17, 15) is 0 Å². The summed E-state index contributed by atoms with van der Waals surface area (Å²) < 4.78 is 0. The van der Waals surface area contributed by atoms with Crippen molar-refractivity contribution in [3.05, 3.63) is 46.7 Å². The van der Waals surface area contributed by atoms with Crippen LogP contribution < -0.4 is 15.5 Å². The molecule has 0 aliphatic carbocycles. The number of nitrogens with one attached hydrogen (secondary N) is 2. The lowest BCUT2D eigenvalue weighted by Crippen LogP contribution is -2.30. The van der Waals surface area contributed by atoms with Crippen molar-refractivity contribution < 1.29 is 0 Å². The van der Waals surface area contributed by atoms with Gasteiger partial charge in [-0.2, -0.15) is 4.98 Å². The van der Waals surface area contributed by atoms with Gasteiger partial charge in [-0.15, -0.1) is 0 Å². The minimum atomic E-state index is 0.461. The zero-order valence-corrected chi connectivity index (χ0v) is 17.0. The first-order chi connectivity index (χ1) is 13.7. The van der Waals surface area contributed by atoms with E-state index in [0.717, 1.165) is 35.5 Å². The monoisotopic (exact) mass is 416 g/mol. The molecular weight excluding hydrogens is 395 g/mol. The van der Waals surface area contributed by atoms with E-state index >= 15 is 0 Å². The third-order valence-corrected chi connectivity index (χ3v) is 5.22. The molecular formula is C20H22Cl2N6. The summed E-state index contributed by atoms with van der Waals surface area (Å²) in [6, 6.07) is 9.51. The number of pyridine rings is 1. The van der Waals surface area contributed by atoms with Gasteiger partial charge in [-0.1, -0.05) is 23.2 Å². The Morgan fingerprint density at radius 3 is 2.61 bits per heavy atom. The van der Waals surface area contributed by atoms with Crippen molar-refractivity contribution in [3.8, 4) is 0 Å². The van der Waals surface area contributed by atoms with Crippen molar-refractivity contribution in [1.29, 1.82) is 0 Å². The molecule has 0 unspecified atom stereocenters. The molecule has 1 saturated heterocycles. The second-order valence-electron chi connectivity index (χ2n) is 6.79. The predicted molar refractivity (Wildman–Crippen MR) is 117 cm³/mol. The number of rotatable bonds is 6. The van der Waals surface area contributed by atoms with Gasteiger partial charge in [-0.25, -0.2) is 4.98 Å². The van der Waals surface area contributed by atoms with E-state index in [0.29, 0.717) is 29.2 Å². The van der Waals surface area contributed by atoms with Gasteiger partial charge in [0.2, 0.25) is 5.95 Å². The second kappa shape index (κ2) is 8.80. The third kappa shape index (κ3) is 4.56. The van der Waals surface area contributed by atoms with E-state index in [2.05, 4.69) is 30.5 Å². The summed E-state index contributed by atoms with van der Waals surface area (Å²) in [6.07, 6.45) is 5.44. The molecule has 1 fully saturated rings. The van der Waals surface area contributed by atoms with Crippen LogP contribution >= 0.6 is 23.2 Å². The van der Waals surface area contributed by atoms with Crippen molar-refractivity contribution in [2.75, 3.05) is 41.7 Å². The van der Waals surface area contributed by atoms with Gasteiger partial charge in [0.15, 0.2) is 0 Å². The smallest absolute Gasteiger partial charge is 0.226 e. The molecule has 2 aromatic heterocycles. The van der Waals surface area contributed by atoms with Gasteiger partial charge >= 0.3 is 0 Å². The molecule has 0 amide bonds. The number of anilines is 3. The Morgan fingerprint density at radius 2 is 1.75 bits per heavy atom. The number of benzene rings is 1. The first kappa shape index (κ1) is 19.0. The predicted octanol–water partition coefficient (Wildman–Crippen LogP) is 4.85. The molecule has 3 heterocycles. The minimum Gasteiger partial charge on any atom is -0.383 e. The highest BCUT2D eigenvalue weighted by atomic mass is 35.5. The molecule has 3 aromatic rings. The maximum Gasteiger partial charge on any atom is 0.226 e. The van der Waals surface area contributed by atoms with Crippen molar-refractivity contribution in [2.24, 2.45) is 0 Å². The number of nitrogens with zero attached hydrogens (tertiary/aromatic N) is 4. The maximum absolute atomic E-state index is 6.20. The Morgan fingerprint density at radius 1 is 0.929 bits per heavy atom. The highest BCUT2D eigenvalue weighted by molar-refractivity contribution is 6.31. The fourth-order valence-electron chi connectivity index (χ4n) is 3.42. The van der Waals surface area contributed by atoms with Crippen LogP contribution in [0.4, 0.5) is 17.5 Å². The highest BCUT2D eigenvalue weighted by Crippen LogP contribution is 2.24. The third-order valence-electron chi connectivity index (χ3n) is 4.79. The van der Waals surface area contributed by atoms with Gasteiger partial charge in [0.25, 0.3) is 0 Å². The number of hydrogen-bond acceptors (Lipinski definition) is 6. The van der Waals surface area contributed by atoms with Crippen LogP contribution in [0.25, 0.3) is 10.9 Å². The lowest BCUT2D eigenvalue weighted by atomic mass is 10.1.